The van der Waals surface area contributed by atoms with E-state index in [0.29, 0.717) is 0 Å². The number of hydrogen-bond donors (Lipinski definition) is 2. The molecule has 1 rings (SSSR count). The van der Waals surface area contributed by atoms with Crippen LogP contribution in [0.25, 0.3) is 0 Å². The van der Waals surface area contributed by atoms with E-state index in [1.54, 1.807) is 0 Å². The van der Waals surface area contributed by atoms with Crippen molar-refractivity contribution in [2.24, 2.45) is 5.73 Å². The molecule has 0 aliphatic heterocycles. The third-order valence-electron chi connectivity index (χ3n) is 2.65. The molecule has 0 radical (unpaired) electrons. The second-order valence-corrected chi connectivity index (χ2v) is 5.08. The van der Waals surface area contributed by atoms with Gasteiger partial charge in [-0.05, 0) is 31.6 Å². The normalized spacial score (nSPS) is 21.7. The fourth-order valence-electron chi connectivity index (χ4n) is 1.80. The van der Waals surface area contributed by atoms with Gasteiger partial charge in [-0.3, -0.25) is 0 Å². The summed E-state index contributed by atoms with van der Waals surface area (Å²) in [5.41, 5.74) is 5.06. The Labute approximate surface area is 85.3 Å². The van der Waals surface area contributed by atoms with Crippen molar-refractivity contribution in [3.05, 3.63) is 0 Å². The Morgan fingerprint density at radius 1 is 1.23 bits per heavy atom. The maximum Gasteiger partial charge on any atom is 0.0737 e. The lowest BCUT2D eigenvalue weighted by Gasteiger charge is -2.31. The van der Waals surface area contributed by atoms with E-state index in [1.807, 2.05) is 11.8 Å². The summed E-state index contributed by atoms with van der Waals surface area (Å²) in [6.45, 7) is 0.769. The van der Waals surface area contributed by atoms with E-state index in [9.17, 15) is 5.11 Å². The first-order valence-corrected chi connectivity index (χ1v) is 6.42. The summed E-state index contributed by atoms with van der Waals surface area (Å²) >= 11 is 1.85. The molecule has 0 spiro atoms. The van der Waals surface area contributed by atoms with E-state index in [4.69, 9.17) is 5.73 Å². The standard InChI is InChI=1S/C10H21NOS/c11-7-4-8-13-9-10(12)5-2-1-3-6-10/h12H,1-9,11H2. The van der Waals surface area contributed by atoms with Crippen molar-refractivity contribution in [2.75, 3.05) is 18.1 Å². The molecule has 0 aromatic heterocycles. The highest BCUT2D eigenvalue weighted by molar-refractivity contribution is 7.99. The molecule has 0 heterocycles. The van der Waals surface area contributed by atoms with Gasteiger partial charge in [0.15, 0.2) is 0 Å². The highest BCUT2D eigenvalue weighted by Gasteiger charge is 2.28. The quantitative estimate of drug-likeness (QED) is 0.669. The van der Waals surface area contributed by atoms with Crippen molar-refractivity contribution in [1.82, 2.24) is 0 Å². The summed E-state index contributed by atoms with van der Waals surface area (Å²) < 4.78 is 0. The molecule has 1 aliphatic carbocycles. The molecule has 0 saturated heterocycles. The second kappa shape index (κ2) is 5.89. The van der Waals surface area contributed by atoms with Crippen molar-refractivity contribution in [1.29, 1.82) is 0 Å². The maximum atomic E-state index is 10.1. The molecule has 13 heavy (non-hydrogen) atoms. The van der Waals surface area contributed by atoms with E-state index >= 15 is 0 Å². The molecule has 78 valence electrons. The first-order chi connectivity index (χ1) is 6.27. The minimum absolute atomic E-state index is 0.350. The van der Waals surface area contributed by atoms with Gasteiger partial charge >= 0.3 is 0 Å². The molecule has 0 aromatic carbocycles. The van der Waals surface area contributed by atoms with Gasteiger partial charge in [0.25, 0.3) is 0 Å². The highest BCUT2D eigenvalue weighted by atomic mass is 32.2. The van der Waals surface area contributed by atoms with E-state index in [0.717, 1.165) is 37.3 Å². The zero-order chi connectivity index (χ0) is 9.57. The number of rotatable bonds is 5. The Hall–Kier alpha value is 0.270. The van der Waals surface area contributed by atoms with Gasteiger partial charge in [0.2, 0.25) is 0 Å². The van der Waals surface area contributed by atoms with E-state index in [1.165, 1.54) is 19.3 Å². The topological polar surface area (TPSA) is 46.2 Å². The summed E-state index contributed by atoms with van der Waals surface area (Å²) in [7, 11) is 0. The number of nitrogens with two attached hydrogens (primary N) is 1. The smallest absolute Gasteiger partial charge is 0.0737 e. The van der Waals surface area contributed by atoms with Crippen LogP contribution < -0.4 is 5.73 Å². The summed E-state index contributed by atoms with van der Waals surface area (Å²) in [6, 6.07) is 0. The fourth-order valence-corrected chi connectivity index (χ4v) is 2.99. The van der Waals surface area contributed by atoms with E-state index in [2.05, 4.69) is 0 Å². The Balaban J connectivity index is 2.10. The van der Waals surface area contributed by atoms with Crippen molar-refractivity contribution in [3.63, 3.8) is 0 Å². The van der Waals surface area contributed by atoms with Gasteiger partial charge in [-0.1, -0.05) is 19.3 Å². The largest absolute Gasteiger partial charge is 0.389 e. The van der Waals surface area contributed by atoms with Crippen LogP contribution in [-0.2, 0) is 0 Å². The molecular formula is C10H21NOS. The predicted octanol–water partition coefficient (Wildman–Crippen LogP) is 1.76. The minimum Gasteiger partial charge on any atom is -0.389 e. The van der Waals surface area contributed by atoms with Gasteiger partial charge in [-0.25, -0.2) is 0 Å². The van der Waals surface area contributed by atoms with Gasteiger partial charge in [0.1, 0.15) is 0 Å². The lowest BCUT2D eigenvalue weighted by Crippen LogP contribution is -2.34. The van der Waals surface area contributed by atoms with Crippen molar-refractivity contribution in [2.45, 2.75) is 44.1 Å². The molecule has 0 atom stereocenters. The summed E-state index contributed by atoms with van der Waals surface area (Å²) in [4.78, 5) is 0. The number of thioether (sulfide) groups is 1. The maximum absolute atomic E-state index is 10.1. The lowest BCUT2D eigenvalue weighted by molar-refractivity contribution is 0.0273. The van der Waals surface area contributed by atoms with Crippen LogP contribution in [0.2, 0.25) is 0 Å². The average molecular weight is 203 g/mol. The molecule has 1 fully saturated rings. The zero-order valence-corrected chi connectivity index (χ0v) is 9.11. The van der Waals surface area contributed by atoms with Gasteiger partial charge in [-0.2, -0.15) is 11.8 Å². The molecule has 0 amide bonds. The van der Waals surface area contributed by atoms with Crippen LogP contribution >= 0.6 is 11.8 Å². The van der Waals surface area contributed by atoms with Crippen LogP contribution in [0.5, 0.6) is 0 Å². The summed E-state index contributed by atoms with van der Waals surface area (Å²) in [6.07, 6.45) is 6.78. The first kappa shape index (κ1) is 11.3. The summed E-state index contributed by atoms with van der Waals surface area (Å²) in [5, 5.41) is 10.1. The monoisotopic (exact) mass is 203 g/mol. The molecular weight excluding hydrogens is 182 g/mol. The molecule has 2 nitrogen and oxygen atoms in total. The Morgan fingerprint density at radius 2 is 1.92 bits per heavy atom. The lowest BCUT2D eigenvalue weighted by atomic mass is 9.86. The van der Waals surface area contributed by atoms with Crippen LogP contribution in [0.3, 0.4) is 0 Å². The number of aliphatic hydroxyl groups is 1. The highest BCUT2D eigenvalue weighted by Crippen LogP contribution is 2.30. The van der Waals surface area contributed by atoms with Crippen LogP contribution in [0.15, 0.2) is 0 Å². The molecule has 0 unspecified atom stereocenters. The van der Waals surface area contributed by atoms with Crippen molar-refractivity contribution >= 4 is 11.8 Å². The van der Waals surface area contributed by atoms with Gasteiger partial charge in [0, 0.05) is 5.75 Å². The van der Waals surface area contributed by atoms with Crippen LogP contribution in [0, 0.1) is 0 Å². The van der Waals surface area contributed by atoms with Crippen LogP contribution in [-0.4, -0.2) is 28.8 Å². The third-order valence-corrected chi connectivity index (χ3v) is 3.97. The Bertz CT molecular complexity index is 135. The van der Waals surface area contributed by atoms with Crippen molar-refractivity contribution in [3.8, 4) is 0 Å². The molecule has 0 aromatic rings. The SMILES string of the molecule is NCCCSCC1(O)CCCCC1. The molecule has 1 aliphatic rings. The van der Waals surface area contributed by atoms with E-state index in [-0.39, 0.29) is 5.60 Å². The average Bonchev–Trinajstić information content (AvgIpc) is 2.14. The van der Waals surface area contributed by atoms with Crippen molar-refractivity contribution < 1.29 is 5.11 Å². The number of hydrogen-bond acceptors (Lipinski definition) is 3. The predicted molar refractivity (Wildman–Crippen MR) is 59.0 cm³/mol. The molecule has 3 N–H and O–H groups in total. The van der Waals surface area contributed by atoms with Gasteiger partial charge in [0.05, 0.1) is 5.60 Å². The molecule has 3 heteroatoms. The third kappa shape index (κ3) is 4.34. The fraction of sp³-hybridized carbons (Fsp3) is 1.00. The Kier molecular flexibility index (Phi) is 5.14. The van der Waals surface area contributed by atoms with Gasteiger partial charge in [-0.15, -0.1) is 0 Å². The van der Waals surface area contributed by atoms with Gasteiger partial charge < -0.3 is 10.8 Å². The molecule has 0 bridgehead atoms. The molecule has 1 saturated carbocycles. The van der Waals surface area contributed by atoms with Crippen LogP contribution in [0.4, 0.5) is 0 Å². The Morgan fingerprint density at radius 3 is 2.54 bits per heavy atom. The summed E-state index contributed by atoms with van der Waals surface area (Å²) in [5.74, 6) is 2.01. The van der Waals surface area contributed by atoms with E-state index < -0.39 is 0 Å². The first-order valence-electron chi connectivity index (χ1n) is 5.27. The minimum atomic E-state index is -0.350. The van der Waals surface area contributed by atoms with Crippen LogP contribution in [0.1, 0.15) is 38.5 Å². The zero-order valence-electron chi connectivity index (χ0n) is 8.30. The second-order valence-electron chi connectivity index (χ2n) is 3.98.